The van der Waals surface area contributed by atoms with Gasteiger partial charge in [0.15, 0.2) is 0 Å². The Morgan fingerprint density at radius 2 is 1.71 bits per heavy atom. The van der Waals surface area contributed by atoms with Crippen LogP contribution in [-0.4, -0.2) is 21.1 Å². The van der Waals surface area contributed by atoms with Gasteiger partial charge in [0.1, 0.15) is 11.5 Å². The van der Waals surface area contributed by atoms with E-state index >= 15 is 0 Å². The van der Waals surface area contributed by atoms with Gasteiger partial charge in [-0.1, -0.05) is 6.07 Å². The van der Waals surface area contributed by atoms with Gasteiger partial charge in [-0.05, 0) is 84.8 Å². The molecule has 0 atom stereocenters. The Balaban J connectivity index is 1.65. The fraction of sp³-hybridized carbons (Fsp3) is 0.217. The van der Waals surface area contributed by atoms with E-state index in [9.17, 15) is 4.39 Å². The molecule has 0 radical (unpaired) electrons. The van der Waals surface area contributed by atoms with Crippen LogP contribution in [-0.2, 0) is 0 Å². The molecule has 5 rings (SSSR count). The number of rotatable bonds is 4. The molecule has 0 bridgehead atoms. The van der Waals surface area contributed by atoms with Gasteiger partial charge in [0, 0.05) is 29.7 Å². The molecule has 0 spiro atoms. The van der Waals surface area contributed by atoms with Gasteiger partial charge < -0.3 is 5.73 Å². The third-order valence-corrected chi connectivity index (χ3v) is 5.78. The predicted molar refractivity (Wildman–Crippen MR) is 108 cm³/mol. The summed E-state index contributed by atoms with van der Waals surface area (Å²) in [6, 6.07) is 14.8. The molecule has 1 fully saturated rings. The molecule has 0 saturated heterocycles. The molecule has 3 aromatic heterocycles. The molecule has 5 heteroatoms. The smallest absolute Gasteiger partial charge is 0.123 e. The van der Waals surface area contributed by atoms with Crippen molar-refractivity contribution in [3.05, 3.63) is 78.5 Å². The van der Waals surface area contributed by atoms with Crippen LogP contribution in [0.1, 0.15) is 24.3 Å². The molecule has 1 aliphatic carbocycles. The van der Waals surface area contributed by atoms with Crippen molar-refractivity contribution in [2.24, 2.45) is 11.7 Å². The summed E-state index contributed by atoms with van der Waals surface area (Å²) in [5, 5.41) is 4.88. The zero-order valence-corrected chi connectivity index (χ0v) is 15.4. The number of halogens is 1. The molecule has 0 unspecified atom stereocenters. The van der Waals surface area contributed by atoms with Crippen LogP contribution in [0.25, 0.3) is 27.9 Å². The Bertz CT molecular complexity index is 1110. The summed E-state index contributed by atoms with van der Waals surface area (Å²) in [6.07, 6.45) is 7.98. The summed E-state index contributed by atoms with van der Waals surface area (Å²) in [4.78, 5) is 4.13. The number of nitrogens with zero attached hydrogens (tertiary/aromatic N) is 3. The first-order valence-corrected chi connectivity index (χ1v) is 9.61. The lowest BCUT2D eigenvalue weighted by atomic mass is 9.72. The van der Waals surface area contributed by atoms with Crippen LogP contribution >= 0.6 is 0 Å². The highest BCUT2D eigenvalue weighted by Crippen LogP contribution is 2.42. The van der Waals surface area contributed by atoms with Crippen LogP contribution in [0.5, 0.6) is 0 Å². The summed E-state index contributed by atoms with van der Waals surface area (Å²) in [7, 11) is 0. The Morgan fingerprint density at radius 1 is 0.964 bits per heavy atom. The number of benzene rings is 1. The minimum Gasteiger partial charge on any atom is -0.330 e. The lowest BCUT2D eigenvalue weighted by molar-refractivity contribution is 0.271. The first-order valence-electron chi connectivity index (χ1n) is 9.61. The molecule has 4 nitrogen and oxygen atoms in total. The van der Waals surface area contributed by atoms with Crippen LogP contribution in [0.2, 0.25) is 0 Å². The van der Waals surface area contributed by atoms with Gasteiger partial charge in [-0.25, -0.2) is 8.91 Å². The van der Waals surface area contributed by atoms with Gasteiger partial charge in [0.25, 0.3) is 0 Å². The highest BCUT2D eigenvalue weighted by Gasteiger charge is 2.29. The number of hydrogen-bond donors (Lipinski definition) is 1. The molecule has 2 N–H and O–H groups in total. The second-order valence-corrected chi connectivity index (χ2v) is 7.53. The maximum absolute atomic E-state index is 13.4. The fourth-order valence-corrected chi connectivity index (χ4v) is 4.12. The van der Waals surface area contributed by atoms with Crippen LogP contribution in [0.3, 0.4) is 0 Å². The van der Waals surface area contributed by atoms with Crippen molar-refractivity contribution in [1.29, 1.82) is 0 Å². The van der Waals surface area contributed by atoms with E-state index in [-0.39, 0.29) is 5.82 Å². The van der Waals surface area contributed by atoms with Crippen molar-refractivity contribution >= 4 is 5.52 Å². The molecule has 28 heavy (non-hydrogen) atoms. The molecule has 1 aliphatic rings. The van der Waals surface area contributed by atoms with E-state index in [1.807, 2.05) is 16.6 Å². The number of hydrogen-bond acceptors (Lipinski definition) is 3. The Morgan fingerprint density at radius 3 is 2.43 bits per heavy atom. The summed E-state index contributed by atoms with van der Waals surface area (Å²) >= 11 is 0. The van der Waals surface area contributed by atoms with Crippen LogP contribution < -0.4 is 5.73 Å². The van der Waals surface area contributed by atoms with E-state index < -0.39 is 0 Å². The van der Waals surface area contributed by atoms with E-state index in [1.54, 1.807) is 24.5 Å². The molecule has 0 amide bonds. The van der Waals surface area contributed by atoms with Gasteiger partial charge in [-0.3, -0.25) is 4.98 Å². The number of aromatic nitrogens is 3. The zero-order chi connectivity index (χ0) is 19.1. The molecule has 0 aliphatic heterocycles. The van der Waals surface area contributed by atoms with Crippen LogP contribution in [0.15, 0.2) is 67.1 Å². The molecular weight excluding hydrogens is 351 g/mol. The van der Waals surface area contributed by atoms with Crippen molar-refractivity contribution in [3.63, 3.8) is 0 Å². The maximum Gasteiger partial charge on any atom is 0.123 e. The highest BCUT2D eigenvalue weighted by molar-refractivity contribution is 5.92. The Kier molecular flexibility index (Phi) is 4.17. The summed E-state index contributed by atoms with van der Waals surface area (Å²) in [5.74, 6) is 0.945. The molecule has 1 aromatic carbocycles. The number of pyridine rings is 2. The van der Waals surface area contributed by atoms with Crippen molar-refractivity contribution in [2.75, 3.05) is 6.54 Å². The van der Waals surface area contributed by atoms with E-state index in [0.29, 0.717) is 11.8 Å². The monoisotopic (exact) mass is 372 g/mol. The van der Waals surface area contributed by atoms with E-state index in [2.05, 4.69) is 23.3 Å². The van der Waals surface area contributed by atoms with Crippen molar-refractivity contribution in [2.45, 2.75) is 18.8 Å². The normalized spacial score (nSPS) is 18.9. The third kappa shape index (κ3) is 2.88. The third-order valence-electron chi connectivity index (χ3n) is 5.78. The van der Waals surface area contributed by atoms with Crippen LogP contribution in [0.4, 0.5) is 4.39 Å². The van der Waals surface area contributed by atoms with Gasteiger partial charge >= 0.3 is 0 Å². The second-order valence-electron chi connectivity index (χ2n) is 7.53. The first-order chi connectivity index (χ1) is 13.7. The molecule has 140 valence electrons. The Labute approximate surface area is 162 Å². The van der Waals surface area contributed by atoms with Gasteiger partial charge in [0.05, 0.1) is 5.52 Å². The average molecular weight is 372 g/mol. The standard InChI is InChI=1S/C23H21FN4/c24-20-4-1-17(2-5-20)23-22(16-7-9-26-10-8-16)21-6-3-18(14-28(21)27-23)19-11-15(12-19)13-25/h1-10,14-15,19H,11-13,25H2. The number of nitrogens with two attached hydrogens (primary N) is 1. The largest absolute Gasteiger partial charge is 0.330 e. The van der Waals surface area contributed by atoms with Gasteiger partial charge in [-0.15, -0.1) is 0 Å². The zero-order valence-electron chi connectivity index (χ0n) is 15.4. The summed E-state index contributed by atoms with van der Waals surface area (Å²) < 4.78 is 15.4. The topological polar surface area (TPSA) is 56.2 Å². The molecule has 4 aromatic rings. The van der Waals surface area contributed by atoms with Crippen molar-refractivity contribution in [3.8, 4) is 22.4 Å². The lowest BCUT2D eigenvalue weighted by Crippen LogP contribution is -2.28. The number of fused-ring (bicyclic) bond motifs is 1. The molecule has 3 heterocycles. The van der Waals surface area contributed by atoms with E-state index in [4.69, 9.17) is 10.8 Å². The van der Waals surface area contributed by atoms with Gasteiger partial charge in [-0.2, -0.15) is 5.10 Å². The minimum atomic E-state index is -0.250. The maximum atomic E-state index is 13.4. The molecular formula is C23H21FN4. The van der Waals surface area contributed by atoms with Crippen LogP contribution in [0, 0.1) is 11.7 Å². The second kappa shape index (κ2) is 6.84. The summed E-state index contributed by atoms with van der Waals surface area (Å²) in [6.45, 7) is 0.765. The SMILES string of the molecule is NCC1CC(c2ccc3c(-c4ccncc4)c(-c4ccc(F)cc4)nn3c2)C1. The van der Waals surface area contributed by atoms with E-state index in [1.165, 1.54) is 17.7 Å². The predicted octanol–water partition coefficient (Wildman–Crippen LogP) is 4.65. The lowest BCUT2D eigenvalue weighted by Gasteiger charge is -2.34. The highest BCUT2D eigenvalue weighted by atomic mass is 19.1. The fourth-order valence-electron chi connectivity index (χ4n) is 4.12. The van der Waals surface area contributed by atoms with E-state index in [0.717, 1.165) is 47.3 Å². The van der Waals surface area contributed by atoms with Crippen molar-refractivity contribution in [1.82, 2.24) is 14.6 Å². The summed E-state index contributed by atoms with van der Waals surface area (Å²) in [5.41, 5.74) is 11.9. The minimum absolute atomic E-state index is 0.250. The quantitative estimate of drug-likeness (QED) is 0.567. The first kappa shape index (κ1) is 17.1. The van der Waals surface area contributed by atoms with Gasteiger partial charge in [0.2, 0.25) is 0 Å². The van der Waals surface area contributed by atoms with Crippen molar-refractivity contribution < 1.29 is 4.39 Å². The molecule has 1 saturated carbocycles. The Hall–Kier alpha value is -3.05. The average Bonchev–Trinajstić information content (AvgIpc) is 3.07.